The topological polar surface area (TPSA) is 46.1 Å². The van der Waals surface area contributed by atoms with Crippen molar-refractivity contribution in [3.63, 3.8) is 0 Å². The third-order valence-corrected chi connectivity index (χ3v) is 4.94. The number of nitrogens with zero attached hydrogens (tertiary/aromatic N) is 1. The molecule has 7 heteroatoms. The minimum Gasteiger partial charge on any atom is -0.345 e. The molecule has 0 saturated heterocycles. The summed E-state index contributed by atoms with van der Waals surface area (Å²) in [4.78, 5) is 13.6. The van der Waals surface area contributed by atoms with E-state index < -0.39 is 11.6 Å². The van der Waals surface area contributed by atoms with Crippen LogP contribution in [0, 0.1) is 11.6 Å². The Morgan fingerprint density at radius 2 is 2.22 bits per heavy atom. The number of halogens is 2. The molecule has 1 aromatic carbocycles. The van der Waals surface area contributed by atoms with E-state index in [0.717, 1.165) is 35.4 Å². The molecule has 122 valence electrons. The predicted molar refractivity (Wildman–Crippen MR) is 86.5 cm³/mol. The van der Waals surface area contributed by atoms with Crippen LogP contribution in [0.5, 0.6) is 0 Å². The van der Waals surface area contributed by atoms with Crippen LogP contribution in [-0.2, 0) is 13.5 Å². The van der Waals surface area contributed by atoms with Gasteiger partial charge in [0.05, 0.1) is 0 Å². The molecule has 1 aliphatic rings. The Labute approximate surface area is 137 Å². The van der Waals surface area contributed by atoms with E-state index in [1.165, 1.54) is 18.0 Å². The third kappa shape index (κ3) is 3.11. The predicted octanol–water partition coefficient (Wildman–Crippen LogP) is 3.49. The number of carbonyl (C=O) groups is 1. The van der Waals surface area contributed by atoms with E-state index in [1.807, 2.05) is 6.20 Å². The van der Waals surface area contributed by atoms with Gasteiger partial charge in [0, 0.05) is 35.9 Å². The van der Waals surface area contributed by atoms with E-state index in [2.05, 4.69) is 17.0 Å². The summed E-state index contributed by atoms with van der Waals surface area (Å²) < 4.78 is 31.4. The fourth-order valence-corrected chi connectivity index (χ4v) is 3.71. The largest absolute Gasteiger partial charge is 0.345 e. The first-order valence-corrected chi connectivity index (χ1v) is 8.18. The van der Waals surface area contributed by atoms with Crippen molar-refractivity contribution in [1.82, 2.24) is 9.29 Å². The van der Waals surface area contributed by atoms with Crippen LogP contribution < -0.4 is 10.0 Å². The molecule has 2 aromatic rings. The van der Waals surface area contributed by atoms with Crippen LogP contribution in [0.1, 0.15) is 29.4 Å². The molecule has 0 radical (unpaired) electrons. The molecular weight excluding hydrogens is 320 g/mol. The Kier molecular flexibility index (Phi) is 4.41. The zero-order valence-electron chi connectivity index (χ0n) is 12.8. The molecule has 1 amide bonds. The summed E-state index contributed by atoms with van der Waals surface area (Å²) >= 11 is 1.52. The molecule has 4 nitrogen and oxygen atoms in total. The fourth-order valence-electron chi connectivity index (χ4n) is 2.66. The van der Waals surface area contributed by atoms with Gasteiger partial charge in [-0.1, -0.05) is 6.92 Å². The van der Waals surface area contributed by atoms with Crippen molar-refractivity contribution in [2.24, 2.45) is 7.05 Å². The van der Waals surface area contributed by atoms with E-state index in [-0.39, 0.29) is 11.6 Å². The first kappa shape index (κ1) is 16.0. The van der Waals surface area contributed by atoms with Crippen LogP contribution in [-0.4, -0.2) is 16.5 Å². The van der Waals surface area contributed by atoms with Crippen LogP contribution in [0.3, 0.4) is 0 Å². The Morgan fingerprint density at radius 1 is 1.43 bits per heavy atom. The second-order valence-electron chi connectivity index (χ2n) is 5.54. The second-order valence-corrected chi connectivity index (χ2v) is 6.42. The number of fused-ring (bicyclic) bond motifs is 1. The van der Waals surface area contributed by atoms with Crippen LogP contribution in [0.15, 0.2) is 29.3 Å². The summed E-state index contributed by atoms with van der Waals surface area (Å²) in [5, 5.41) is 2.64. The molecule has 1 atom stereocenters. The normalized spacial score (nSPS) is 17.0. The maximum absolute atomic E-state index is 13.3. The molecule has 0 spiro atoms. The lowest BCUT2D eigenvalue weighted by atomic mass is 10.0. The molecule has 0 bridgehead atoms. The van der Waals surface area contributed by atoms with Crippen molar-refractivity contribution >= 4 is 23.5 Å². The highest BCUT2D eigenvalue weighted by Gasteiger charge is 2.26. The molecule has 0 saturated carbocycles. The maximum atomic E-state index is 13.3. The highest BCUT2D eigenvalue weighted by molar-refractivity contribution is 7.97. The van der Waals surface area contributed by atoms with Crippen molar-refractivity contribution < 1.29 is 13.6 Å². The van der Waals surface area contributed by atoms with Gasteiger partial charge in [0.15, 0.2) is 11.6 Å². The SMILES string of the molecule is CCC1Cc2c(cn(C)c2C(=O)Nc2ccc(F)c(F)c2)SN1. The zero-order chi connectivity index (χ0) is 16.6. The van der Waals surface area contributed by atoms with Gasteiger partial charge in [0.2, 0.25) is 0 Å². The van der Waals surface area contributed by atoms with E-state index >= 15 is 0 Å². The molecule has 2 N–H and O–H groups in total. The van der Waals surface area contributed by atoms with Crippen LogP contribution in [0.25, 0.3) is 0 Å². The number of rotatable bonds is 3. The highest BCUT2D eigenvalue weighted by atomic mass is 32.2. The van der Waals surface area contributed by atoms with E-state index in [4.69, 9.17) is 0 Å². The van der Waals surface area contributed by atoms with E-state index in [1.54, 1.807) is 11.6 Å². The van der Waals surface area contributed by atoms with Crippen molar-refractivity contribution in [3.05, 3.63) is 47.3 Å². The Morgan fingerprint density at radius 3 is 2.91 bits per heavy atom. The molecule has 1 aromatic heterocycles. The summed E-state index contributed by atoms with van der Waals surface area (Å²) in [7, 11) is 1.81. The summed E-state index contributed by atoms with van der Waals surface area (Å²) in [5.41, 5.74) is 1.78. The van der Waals surface area contributed by atoms with Crippen molar-refractivity contribution in [2.45, 2.75) is 30.7 Å². The summed E-state index contributed by atoms with van der Waals surface area (Å²) in [6.07, 6.45) is 3.63. The number of amides is 1. The number of carbonyl (C=O) groups excluding carboxylic acids is 1. The van der Waals surface area contributed by atoms with Crippen LogP contribution in [0.4, 0.5) is 14.5 Å². The number of aromatic nitrogens is 1. The van der Waals surface area contributed by atoms with Gasteiger partial charge in [0.1, 0.15) is 5.69 Å². The van der Waals surface area contributed by atoms with E-state index in [9.17, 15) is 13.6 Å². The average molecular weight is 337 g/mol. The van der Waals surface area contributed by atoms with Gasteiger partial charge in [0.25, 0.3) is 5.91 Å². The number of anilines is 1. The lowest BCUT2D eigenvalue weighted by Crippen LogP contribution is -2.29. The van der Waals surface area contributed by atoms with Crippen molar-refractivity contribution in [1.29, 1.82) is 0 Å². The van der Waals surface area contributed by atoms with E-state index in [0.29, 0.717) is 11.7 Å². The number of aryl methyl sites for hydroxylation is 1. The molecule has 0 fully saturated rings. The Hall–Kier alpha value is -1.86. The van der Waals surface area contributed by atoms with Crippen molar-refractivity contribution in [3.8, 4) is 0 Å². The smallest absolute Gasteiger partial charge is 0.272 e. The van der Waals surface area contributed by atoms with Gasteiger partial charge in [-0.25, -0.2) is 8.78 Å². The van der Waals surface area contributed by atoms with Gasteiger partial charge >= 0.3 is 0 Å². The Balaban J connectivity index is 1.88. The summed E-state index contributed by atoms with van der Waals surface area (Å²) in [6, 6.07) is 3.63. The first-order valence-electron chi connectivity index (χ1n) is 7.36. The molecule has 2 heterocycles. The maximum Gasteiger partial charge on any atom is 0.272 e. The van der Waals surface area contributed by atoms with Crippen molar-refractivity contribution in [2.75, 3.05) is 5.32 Å². The lowest BCUT2D eigenvalue weighted by Gasteiger charge is -2.22. The lowest BCUT2D eigenvalue weighted by molar-refractivity contribution is 0.101. The standard InChI is InChI=1S/C16H17F2N3OS/c1-3-9-6-11-14(23-20-9)8-21(2)15(11)16(22)19-10-4-5-12(17)13(18)7-10/h4-5,7-9,20H,3,6H2,1-2H3,(H,19,22). The molecule has 1 aliphatic heterocycles. The Bertz CT molecular complexity index is 760. The molecule has 3 rings (SSSR count). The van der Waals surface area contributed by atoms with Gasteiger partial charge in [-0.05, 0) is 42.5 Å². The number of hydrogen-bond donors (Lipinski definition) is 2. The summed E-state index contributed by atoms with van der Waals surface area (Å²) in [6.45, 7) is 2.09. The molecule has 1 unspecified atom stereocenters. The quantitative estimate of drug-likeness (QED) is 0.843. The third-order valence-electron chi connectivity index (χ3n) is 3.92. The second kappa shape index (κ2) is 6.33. The monoisotopic (exact) mass is 337 g/mol. The highest BCUT2D eigenvalue weighted by Crippen LogP contribution is 2.32. The molecule has 0 aliphatic carbocycles. The zero-order valence-corrected chi connectivity index (χ0v) is 13.6. The van der Waals surface area contributed by atoms with Gasteiger partial charge < -0.3 is 9.88 Å². The van der Waals surface area contributed by atoms with Crippen LogP contribution >= 0.6 is 11.9 Å². The van der Waals surface area contributed by atoms with Gasteiger partial charge in [-0.2, -0.15) is 0 Å². The average Bonchev–Trinajstić information content (AvgIpc) is 2.85. The molecule has 23 heavy (non-hydrogen) atoms. The molecular formula is C16H17F2N3OS. The van der Waals surface area contributed by atoms with Crippen LogP contribution in [0.2, 0.25) is 0 Å². The first-order chi connectivity index (χ1) is 11.0. The fraction of sp³-hybridized carbons (Fsp3) is 0.312. The minimum absolute atomic E-state index is 0.234. The number of hydrogen-bond acceptors (Lipinski definition) is 3. The summed E-state index contributed by atoms with van der Waals surface area (Å²) in [5.74, 6) is -2.24. The number of nitrogens with one attached hydrogen (secondary N) is 2. The number of benzene rings is 1. The van der Waals surface area contributed by atoms with Gasteiger partial charge in [-0.15, -0.1) is 0 Å². The minimum atomic E-state index is -0.984. The van der Waals surface area contributed by atoms with Gasteiger partial charge in [-0.3, -0.25) is 9.52 Å².